The lowest BCUT2D eigenvalue weighted by molar-refractivity contribution is -0.138. The Kier molecular flexibility index (Phi) is 2.60. The number of hydrogen-bond donors (Lipinski definition) is 1. The van der Waals surface area contributed by atoms with E-state index in [1.165, 1.54) is 0 Å². The smallest absolute Gasteiger partial charge is 0.307 e. The van der Waals surface area contributed by atoms with Gasteiger partial charge in [0, 0.05) is 23.9 Å². The zero-order valence-corrected chi connectivity index (χ0v) is 10.9. The SMILES string of the molecule is Cn1ncc2cc(C(=O)C3CC3C(=O)O)cc(Cl)c21. The predicted molar refractivity (Wildman–Crippen MR) is 69.3 cm³/mol. The van der Waals surface area contributed by atoms with Crippen LogP contribution in [0.1, 0.15) is 16.8 Å². The molecular formula is C13H11ClN2O3. The van der Waals surface area contributed by atoms with Crippen LogP contribution in [0.3, 0.4) is 0 Å². The Hall–Kier alpha value is -1.88. The normalized spacial score (nSPS) is 21.6. The monoisotopic (exact) mass is 278 g/mol. The molecule has 0 radical (unpaired) electrons. The van der Waals surface area contributed by atoms with Gasteiger partial charge in [0.15, 0.2) is 5.78 Å². The number of rotatable bonds is 3. The van der Waals surface area contributed by atoms with Crippen LogP contribution in [0.2, 0.25) is 5.02 Å². The zero-order valence-electron chi connectivity index (χ0n) is 10.1. The highest BCUT2D eigenvalue weighted by Gasteiger charge is 2.48. The van der Waals surface area contributed by atoms with Crippen molar-refractivity contribution < 1.29 is 14.7 Å². The van der Waals surface area contributed by atoms with Crippen LogP contribution in [0, 0.1) is 11.8 Å². The lowest BCUT2D eigenvalue weighted by Crippen LogP contribution is -2.08. The molecule has 0 amide bonds. The number of carbonyl (C=O) groups excluding carboxylic acids is 1. The number of nitrogens with zero attached hydrogens (tertiary/aromatic N) is 2. The van der Waals surface area contributed by atoms with E-state index in [0.717, 1.165) is 10.9 Å². The Balaban J connectivity index is 1.98. The third kappa shape index (κ3) is 1.90. The van der Waals surface area contributed by atoms with Gasteiger partial charge in [-0.1, -0.05) is 11.6 Å². The molecule has 3 rings (SSSR count). The average molecular weight is 279 g/mol. The van der Waals surface area contributed by atoms with Gasteiger partial charge in [-0.3, -0.25) is 14.3 Å². The Morgan fingerprint density at radius 1 is 1.42 bits per heavy atom. The minimum absolute atomic E-state index is 0.153. The molecule has 0 bridgehead atoms. The number of halogens is 1. The van der Waals surface area contributed by atoms with Crippen LogP contribution in [0.15, 0.2) is 18.3 Å². The second kappa shape index (κ2) is 4.06. The molecule has 1 aromatic carbocycles. The number of benzene rings is 1. The molecule has 0 aliphatic heterocycles. The van der Waals surface area contributed by atoms with Gasteiger partial charge >= 0.3 is 5.97 Å². The molecule has 0 saturated heterocycles. The van der Waals surface area contributed by atoms with Crippen LogP contribution in [-0.2, 0) is 11.8 Å². The van der Waals surface area contributed by atoms with E-state index in [1.54, 1.807) is 30.1 Å². The van der Waals surface area contributed by atoms with Gasteiger partial charge in [0.05, 0.1) is 22.7 Å². The first-order valence-corrected chi connectivity index (χ1v) is 6.25. The largest absolute Gasteiger partial charge is 0.481 e. The van der Waals surface area contributed by atoms with Crippen molar-refractivity contribution in [3.8, 4) is 0 Å². The molecule has 19 heavy (non-hydrogen) atoms. The van der Waals surface area contributed by atoms with Crippen LogP contribution in [0.4, 0.5) is 0 Å². The van der Waals surface area contributed by atoms with E-state index in [-0.39, 0.29) is 5.78 Å². The van der Waals surface area contributed by atoms with Gasteiger partial charge in [0.25, 0.3) is 0 Å². The molecule has 1 saturated carbocycles. The summed E-state index contributed by atoms with van der Waals surface area (Å²) in [6.07, 6.45) is 2.05. The van der Waals surface area contributed by atoms with Gasteiger partial charge in [0.1, 0.15) is 0 Å². The van der Waals surface area contributed by atoms with Crippen molar-refractivity contribution >= 4 is 34.3 Å². The summed E-state index contributed by atoms with van der Waals surface area (Å²) >= 11 is 6.15. The molecule has 1 fully saturated rings. The molecule has 1 N–H and O–H groups in total. The Bertz CT molecular complexity index is 707. The number of carbonyl (C=O) groups is 2. The van der Waals surface area contributed by atoms with E-state index < -0.39 is 17.8 Å². The summed E-state index contributed by atoms with van der Waals surface area (Å²) in [7, 11) is 1.77. The van der Waals surface area contributed by atoms with Crippen LogP contribution in [0.25, 0.3) is 10.9 Å². The lowest BCUT2D eigenvalue weighted by Gasteiger charge is -2.03. The second-order valence-corrected chi connectivity index (χ2v) is 5.22. The molecule has 6 heteroatoms. The summed E-state index contributed by atoms with van der Waals surface area (Å²) in [6.45, 7) is 0. The Labute approximate surface area is 113 Å². The number of ketones is 1. The van der Waals surface area contributed by atoms with Crippen molar-refractivity contribution in [1.82, 2.24) is 9.78 Å². The molecule has 1 aliphatic rings. The lowest BCUT2D eigenvalue weighted by atomic mass is 10.0. The molecule has 1 aliphatic carbocycles. The van der Waals surface area contributed by atoms with E-state index in [9.17, 15) is 9.59 Å². The zero-order chi connectivity index (χ0) is 13.7. The fourth-order valence-corrected chi connectivity index (χ4v) is 2.73. The minimum Gasteiger partial charge on any atom is -0.481 e. The van der Waals surface area contributed by atoms with Crippen LogP contribution in [-0.4, -0.2) is 26.6 Å². The standard InChI is InChI=1S/C13H11ClN2O3/c1-16-11-7(5-15-16)2-6(3-10(11)14)12(17)8-4-9(8)13(18)19/h2-3,5,8-9H,4H2,1H3,(H,18,19). The maximum atomic E-state index is 12.2. The molecule has 1 heterocycles. The van der Waals surface area contributed by atoms with Gasteiger partial charge < -0.3 is 5.11 Å². The van der Waals surface area contributed by atoms with Crippen molar-refractivity contribution in [3.63, 3.8) is 0 Å². The summed E-state index contributed by atoms with van der Waals surface area (Å²) < 4.78 is 1.64. The summed E-state index contributed by atoms with van der Waals surface area (Å²) in [6, 6.07) is 3.30. The summed E-state index contributed by atoms with van der Waals surface area (Å²) in [5, 5.41) is 14.2. The van der Waals surface area contributed by atoms with Gasteiger partial charge in [-0.2, -0.15) is 5.10 Å². The molecule has 2 unspecified atom stereocenters. The predicted octanol–water partition coefficient (Wildman–Crippen LogP) is 2.13. The number of Topliss-reactive ketones (excluding diaryl/α,β-unsaturated/α-hetero) is 1. The van der Waals surface area contributed by atoms with E-state index in [2.05, 4.69) is 5.10 Å². The van der Waals surface area contributed by atoms with Gasteiger partial charge in [-0.25, -0.2) is 0 Å². The van der Waals surface area contributed by atoms with E-state index in [0.29, 0.717) is 17.0 Å². The van der Waals surface area contributed by atoms with Crippen molar-refractivity contribution in [1.29, 1.82) is 0 Å². The Morgan fingerprint density at radius 2 is 2.16 bits per heavy atom. The molecule has 0 spiro atoms. The quantitative estimate of drug-likeness (QED) is 0.873. The van der Waals surface area contributed by atoms with Crippen molar-refractivity contribution in [2.24, 2.45) is 18.9 Å². The van der Waals surface area contributed by atoms with Crippen molar-refractivity contribution in [2.45, 2.75) is 6.42 Å². The van der Waals surface area contributed by atoms with E-state index in [1.807, 2.05) is 0 Å². The molecule has 1 aromatic heterocycles. The average Bonchev–Trinajstić information content (AvgIpc) is 3.07. The van der Waals surface area contributed by atoms with Gasteiger partial charge in [-0.05, 0) is 18.6 Å². The summed E-state index contributed by atoms with van der Waals surface area (Å²) in [5.41, 5.74) is 1.23. The maximum absolute atomic E-state index is 12.2. The van der Waals surface area contributed by atoms with Crippen LogP contribution < -0.4 is 0 Å². The van der Waals surface area contributed by atoms with Crippen molar-refractivity contribution in [3.05, 3.63) is 28.9 Å². The van der Waals surface area contributed by atoms with E-state index >= 15 is 0 Å². The highest BCUT2D eigenvalue weighted by atomic mass is 35.5. The maximum Gasteiger partial charge on any atom is 0.307 e. The molecule has 2 atom stereocenters. The number of carboxylic acids is 1. The number of hydrogen-bond acceptors (Lipinski definition) is 3. The molecular weight excluding hydrogens is 268 g/mol. The van der Waals surface area contributed by atoms with Crippen molar-refractivity contribution in [2.75, 3.05) is 0 Å². The number of aryl methyl sites for hydroxylation is 1. The van der Waals surface area contributed by atoms with Crippen LogP contribution in [0.5, 0.6) is 0 Å². The Morgan fingerprint density at radius 3 is 2.79 bits per heavy atom. The number of carboxylic acid groups (broad SMARTS) is 1. The number of aromatic nitrogens is 2. The van der Waals surface area contributed by atoms with Gasteiger partial charge in [-0.15, -0.1) is 0 Å². The van der Waals surface area contributed by atoms with Gasteiger partial charge in [0.2, 0.25) is 0 Å². The number of aliphatic carboxylic acids is 1. The fraction of sp³-hybridized carbons (Fsp3) is 0.308. The first-order valence-electron chi connectivity index (χ1n) is 5.87. The highest BCUT2D eigenvalue weighted by Crippen LogP contribution is 2.41. The first kappa shape index (κ1) is 12.2. The van der Waals surface area contributed by atoms with Crippen LogP contribution >= 0.6 is 11.6 Å². The third-order valence-electron chi connectivity index (χ3n) is 3.52. The fourth-order valence-electron chi connectivity index (χ4n) is 2.38. The minimum atomic E-state index is -0.910. The van der Waals surface area contributed by atoms with E-state index in [4.69, 9.17) is 16.7 Å². The molecule has 2 aromatic rings. The summed E-state index contributed by atoms with van der Waals surface area (Å²) in [5.74, 6) is -2.02. The molecule has 98 valence electrons. The first-order chi connectivity index (χ1) is 8.99. The third-order valence-corrected chi connectivity index (χ3v) is 3.80. The topological polar surface area (TPSA) is 72.2 Å². The summed E-state index contributed by atoms with van der Waals surface area (Å²) in [4.78, 5) is 23.0. The number of fused-ring (bicyclic) bond motifs is 1. The second-order valence-electron chi connectivity index (χ2n) is 4.82. The highest BCUT2D eigenvalue weighted by molar-refractivity contribution is 6.35. The molecule has 5 nitrogen and oxygen atoms in total.